The van der Waals surface area contributed by atoms with Crippen molar-refractivity contribution in [3.05, 3.63) is 86.5 Å². The van der Waals surface area contributed by atoms with Crippen molar-refractivity contribution >= 4 is 23.8 Å². The molecule has 64 heavy (non-hydrogen) atoms. The average molecular weight is 881 g/mol. The zero-order valence-electron chi connectivity index (χ0n) is 42.3. The van der Waals surface area contributed by atoms with Gasteiger partial charge >= 0.3 is 0 Å². The topological polar surface area (TPSA) is 0 Å². The second-order valence-electron chi connectivity index (χ2n) is 24.0. The van der Waals surface area contributed by atoms with Crippen molar-refractivity contribution in [1.29, 1.82) is 0 Å². The Morgan fingerprint density at radius 3 is 0.781 bits per heavy atom. The Kier molecular flexibility index (Phi) is 16.2. The van der Waals surface area contributed by atoms with Crippen LogP contribution in [0, 0.1) is 0 Å². The largest absolute Gasteiger partial charge is 0.0587 e. The summed E-state index contributed by atoms with van der Waals surface area (Å²) in [5, 5.41) is 5.71. The Bertz CT molecular complexity index is 1750. The molecule has 3 aromatic carbocycles. The van der Waals surface area contributed by atoms with E-state index in [0.29, 0.717) is 41.4 Å². The van der Waals surface area contributed by atoms with Crippen LogP contribution in [0.15, 0.2) is 36.4 Å². The maximum absolute atomic E-state index is 2.98. The van der Waals surface area contributed by atoms with E-state index in [1.54, 1.807) is 27.8 Å². The number of rotatable bonds is 12. The lowest BCUT2D eigenvalue weighted by molar-refractivity contribution is 0.429. The SMILES string of the molecule is CC(C)c1cc(C(C)C)c(P(c2c(C3CCCCC3)cc(C3CCCCC3)cc2C2CCCCC2)c2c(C3CCCCC3)cc(C3CCCCC3)cc2C2CCCCC2)c(C(C)C)c1. The van der Waals surface area contributed by atoms with E-state index in [4.69, 9.17) is 0 Å². The van der Waals surface area contributed by atoms with Gasteiger partial charge in [-0.2, -0.15) is 0 Å². The van der Waals surface area contributed by atoms with Gasteiger partial charge < -0.3 is 0 Å². The summed E-state index contributed by atoms with van der Waals surface area (Å²) in [7, 11) is -0.826. The highest BCUT2D eigenvalue weighted by Gasteiger charge is 2.40. The van der Waals surface area contributed by atoms with Gasteiger partial charge in [-0.25, -0.2) is 0 Å². The number of hydrogen-bond donors (Lipinski definition) is 0. The van der Waals surface area contributed by atoms with Crippen molar-refractivity contribution in [2.45, 2.75) is 287 Å². The quantitative estimate of drug-likeness (QED) is 0.159. The predicted molar refractivity (Wildman–Crippen MR) is 282 cm³/mol. The van der Waals surface area contributed by atoms with E-state index in [1.165, 1.54) is 193 Å². The Morgan fingerprint density at radius 1 is 0.297 bits per heavy atom. The molecule has 0 N–H and O–H groups in total. The molecule has 1 heteroatoms. The molecular formula is C63H93P. The smallest absolute Gasteiger partial charge is 0.00808 e. The van der Waals surface area contributed by atoms with Crippen molar-refractivity contribution in [3.63, 3.8) is 0 Å². The Labute approximate surface area is 395 Å². The molecule has 0 aromatic heterocycles. The Hall–Kier alpha value is -1.91. The lowest BCUT2D eigenvalue weighted by Gasteiger charge is -2.41. The zero-order chi connectivity index (χ0) is 44.2. The molecule has 0 heterocycles. The zero-order valence-corrected chi connectivity index (χ0v) is 43.2. The normalized spacial score (nSPS) is 22.4. The van der Waals surface area contributed by atoms with Crippen LogP contribution in [-0.4, -0.2) is 0 Å². The van der Waals surface area contributed by atoms with E-state index in [2.05, 4.69) is 77.9 Å². The highest BCUT2D eigenvalue weighted by atomic mass is 31.1. The lowest BCUT2D eigenvalue weighted by Crippen LogP contribution is -2.37. The summed E-state index contributed by atoms with van der Waals surface area (Å²) in [5.74, 6) is 5.85. The van der Waals surface area contributed by atoms with E-state index in [9.17, 15) is 0 Å². The summed E-state index contributed by atoms with van der Waals surface area (Å²) in [4.78, 5) is 0. The van der Waals surface area contributed by atoms with Gasteiger partial charge in [0.1, 0.15) is 0 Å². The highest BCUT2D eigenvalue weighted by Crippen LogP contribution is 2.53. The van der Waals surface area contributed by atoms with Gasteiger partial charge in [0.05, 0.1) is 0 Å². The van der Waals surface area contributed by atoms with Gasteiger partial charge in [-0.15, -0.1) is 0 Å². The van der Waals surface area contributed by atoms with Crippen molar-refractivity contribution in [2.75, 3.05) is 0 Å². The van der Waals surface area contributed by atoms with Crippen molar-refractivity contribution in [1.82, 2.24) is 0 Å². The van der Waals surface area contributed by atoms with Crippen molar-refractivity contribution in [3.8, 4) is 0 Å². The molecule has 0 unspecified atom stereocenters. The molecule has 0 aliphatic heterocycles. The molecule has 6 saturated carbocycles. The summed E-state index contributed by atoms with van der Waals surface area (Å²) in [6, 6.07) is 17.5. The molecule has 0 bridgehead atoms. The number of benzene rings is 3. The van der Waals surface area contributed by atoms with E-state index in [0.717, 1.165) is 11.8 Å². The lowest BCUT2D eigenvalue weighted by atomic mass is 9.76. The summed E-state index contributed by atoms with van der Waals surface area (Å²) in [6.07, 6.45) is 42.6. The van der Waals surface area contributed by atoms with Crippen LogP contribution in [0.3, 0.4) is 0 Å². The minimum Gasteiger partial charge on any atom is -0.0587 e. The molecule has 6 aliphatic rings. The van der Waals surface area contributed by atoms with Gasteiger partial charge in [0.15, 0.2) is 0 Å². The summed E-state index contributed by atoms with van der Waals surface area (Å²) >= 11 is 0. The molecule has 0 spiro atoms. The average Bonchev–Trinajstić information content (AvgIpc) is 3.35. The van der Waals surface area contributed by atoms with Crippen molar-refractivity contribution < 1.29 is 0 Å². The Balaban J connectivity index is 1.44. The van der Waals surface area contributed by atoms with Crippen LogP contribution in [0.25, 0.3) is 0 Å². The summed E-state index contributed by atoms with van der Waals surface area (Å²) < 4.78 is 0. The van der Waals surface area contributed by atoms with Gasteiger partial charge in [-0.1, -0.05) is 194 Å². The van der Waals surface area contributed by atoms with E-state index in [-0.39, 0.29) is 0 Å². The number of hydrogen-bond acceptors (Lipinski definition) is 0. The maximum Gasteiger partial charge on any atom is -0.00808 e. The van der Waals surface area contributed by atoms with Gasteiger partial charge in [0.2, 0.25) is 0 Å². The predicted octanol–water partition coefficient (Wildman–Crippen LogP) is 19.1. The molecule has 0 nitrogen and oxygen atoms in total. The first-order valence-corrected chi connectivity index (χ1v) is 29.9. The third kappa shape index (κ3) is 10.4. The van der Waals surface area contributed by atoms with Crippen LogP contribution < -0.4 is 15.9 Å². The van der Waals surface area contributed by atoms with Gasteiger partial charge in [-0.3, -0.25) is 0 Å². The first-order chi connectivity index (χ1) is 31.3. The van der Waals surface area contributed by atoms with Crippen LogP contribution in [0.5, 0.6) is 0 Å². The third-order valence-electron chi connectivity index (χ3n) is 18.5. The minimum atomic E-state index is -0.826. The third-order valence-corrected chi connectivity index (χ3v) is 21.4. The molecule has 0 saturated heterocycles. The summed E-state index contributed by atoms with van der Waals surface area (Å²) in [6.45, 7) is 15.2. The van der Waals surface area contributed by atoms with Gasteiger partial charge in [0.25, 0.3) is 0 Å². The molecule has 6 aliphatic carbocycles. The second kappa shape index (κ2) is 22.0. The fraction of sp³-hybridized carbons (Fsp3) is 0.714. The first-order valence-electron chi connectivity index (χ1n) is 28.6. The van der Waals surface area contributed by atoms with Crippen LogP contribution >= 0.6 is 7.92 Å². The van der Waals surface area contributed by atoms with Crippen LogP contribution in [-0.2, 0) is 0 Å². The minimum absolute atomic E-state index is 0.492. The van der Waals surface area contributed by atoms with E-state index < -0.39 is 7.92 Å². The molecule has 0 radical (unpaired) electrons. The van der Waals surface area contributed by atoms with E-state index in [1.807, 2.05) is 38.2 Å². The standard InChI is InChI=1S/C63H93P/c1-43(2)52-37-55(44(3)4)61(56(38-52)45(5)6)64(62-57(48-29-17-9-18-30-48)39-53(46-25-13-7-14-26-46)40-58(62)49-31-19-10-20-32-49)63-59(50-33-21-11-22-34-50)41-54(47-27-15-8-16-28-47)42-60(63)51-35-23-12-24-36-51/h37-51H,7-36H2,1-6H3. The Morgan fingerprint density at radius 2 is 0.547 bits per heavy atom. The monoisotopic (exact) mass is 881 g/mol. The molecule has 9 rings (SSSR count). The highest BCUT2D eigenvalue weighted by molar-refractivity contribution is 7.80. The van der Waals surface area contributed by atoms with Crippen LogP contribution in [0.2, 0.25) is 0 Å². The van der Waals surface area contributed by atoms with Crippen LogP contribution in [0.4, 0.5) is 0 Å². The first kappa shape index (κ1) is 47.2. The molecule has 0 amide bonds. The van der Waals surface area contributed by atoms with Crippen molar-refractivity contribution in [2.24, 2.45) is 0 Å². The fourth-order valence-electron chi connectivity index (χ4n) is 14.7. The van der Waals surface area contributed by atoms with Crippen LogP contribution in [0.1, 0.15) is 337 Å². The summed E-state index contributed by atoms with van der Waals surface area (Å²) in [5.41, 5.74) is 16.1. The maximum atomic E-state index is 2.98. The molecule has 3 aromatic rings. The second-order valence-corrected chi connectivity index (χ2v) is 26.0. The van der Waals surface area contributed by atoms with E-state index >= 15 is 0 Å². The molecule has 350 valence electrons. The van der Waals surface area contributed by atoms with Gasteiger partial charge in [-0.05, 0) is 204 Å². The molecular weight excluding hydrogens is 788 g/mol. The molecule has 6 fully saturated rings. The fourth-order valence-corrected chi connectivity index (χ4v) is 18.5. The molecule has 0 atom stereocenters. The van der Waals surface area contributed by atoms with Gasteiger partial charge in [0, 0.05) is 0 Å².